The van der Waals surface area contributed by atoms with Crippen molar-refractivity contribution in [2.45, 2.75) is 51.2 Å². The Morgan fingerprint density at radius 1 is 1.23 bits per heavy atom. The first-order valence-electron chi connectivity index (χ1n) is 9.11. The molecule has 0 unspecified atom stereocenters. The minimum Gasteiger partial charge on any atom is -0.494 e. The second-order valence-electron chi connectivity index (χ2n) is 6.31. The molecule has 0 saturated heterocycles. The van der Waals surface area contributed by atoms with Crippen molar-refractivity contribution in [1.29, 1.82) is 0 Å². The fourth-order valence-electron chi connectivity index (χ4n) is 2.99. The highest BCUT2D eigenvalue weighted by Crippen LogP contribution is 2.20. The number of methoxy groups -OCH3 is 1. The summed E-state index contributed by atoms with van der Waals surface area (Å²) in [7, 11) is 3.18. The van der Waals surface area contributed by atoms with Crippen LogP contribution in [0.2, 0.25) is 0 Å². The first kappa shape index (κ1) is 23.0. The first-order chi connectivity index (χ1) is 12.2. The zero-order valence-electron chi connectivity index (χ0n) is 15.7. The molecule has 148 valence electrons. The molecule has 7 heteroatoms. The lowest BCUT2D eigenvalue weighted by molar-refractivity contribution is 0.0277. The van der Waals surface area contributed by atoms with Crippen molar-refractivity contribution in [3.63, 3.8) is 0 Å². The van der Waals surface area contributed by atoms with Gasteiger partial charge in [-0.25, -0.2) is 4.39 Å². The lowest BCUT2D eigenvalue weighted by Gasteiger charge is -2.22. The van der Waals surface area contributed by atoms with E-state index in [1.165, 1.54) is 45.3 Å². The summed E-state index contributed by atoms with van der Waals surface area (Å²) in [4.78, 5) is 4.18. The Morgan fingerprint density at radius 3 is 2.65 bits per heavy atom. The van der Waals surface area contributed by atoms with E-state index in [2.05, 4.69) is 15.6 Å². The quantitative estimate of drug-likeness (QED) is 0.258. The number of hydrogen-bond donors (Lipinski definition) is 2. The minimum absolute atomic E-state index is 0. The Kier molecular flexibility index (Phi) is 11.6. The summed E-state index contributed by atoms with van der Waals surface area (Å²) in [5, 5.41) is 6.44. The van der Waals surface area contributed by atoms with Crippen LogP contribution in [-0.4, -0.2) is 39.4 Å². The summed E-state index contributed by atoms with van der Waals surface area (Å²) in [6.45, 7) is 2.07. The second kappa shape index (κ2) is 13.1. The average molecular weight is 479 g/mol. The number of ether oxygens (including phenoxy) is 2. The normalized spacial score (nSPS) is 15.3. The number of nitrogens with one attached hydrogen (secondary N) is 2. The van der Waals surface area contributed by atoms with E-state index >= 15 is 0 Å². The largest absolute Gasteiger partial charge is 0.494 e. The van der Waals surface area contributed by atoms with Crippen LogP contribution in [0.25, 0.3) is 0 Å². The average Bonchev–Trinajstić information content (AvgIpc) is 2.65. The van der Waals surface area contributed by atoms with Crippen molar-refractivity contribution >= 4 is 29.9 Å². The molecule has 0 aromatic heterocycles. The molecule has 0 amide bonds. The van der Waals surface area contributed by atoms with Crippen LogP contribution < -0.4 is 15.4 Å². The van der Waals surface area contributed by atoms with E-state index in [0.717, 1.165) is 25.1 Å². The van der Waals surface area contributed by atoms with Gasteiger partial charge in [-0.3, -0.25) is 4.99 Å². The Labute approximate surface area is 173 Å². The molecule has 1 aromatic carbocycles. The van der Waals surface area contributed by atoms with E-state index < -0.39 is 0 Å². The lowest BCUT2D eigenvalue weighted by atomic mass is 9.98. The van der Waals surface area contributed by atoms with Gasteiger partial charge in [0.05, 0.1) is 13.2 Å². The SMILES string of the molecule is CN=C(NCCCOC1CCCCC1)NCc1ccc(OC)c(F)c1.I. The van der Waals surface area contributed by atoms with Gasteiger partial charge in [0.2, 0.25) is 0 Å². The number of nitrogens with zero attached hydrogens (tertiary/aromatic N) is 1. The predicted octanol–water partition coefficient (Wildman–Crippen LogP) is 3.86. The van der Waals surface area contributed by atoms with Crippen LogP contribution in [0, 0.1) is 5.82 Å². The van der Waals surface area contributed by atoms with E-state index in [0.29, 0.717) is 18.6 Å². The third-order valence-electron chi connectivity index (χ3n) is 4.42. The van der Waals surface area contributed by atoms with Crippen molar-refractivity contribution in [3.8, 4) is 5.75 Å². The van der Waals surface area contributed by atoms with Crippen molar-refractivity contribution < 1.29 is 13.9 Å². The molecule has 0 atom stereocenters. The van der Waals surface area contributed by atoms with Crippen molar-refractivity contribution in [3.05, 3.63) is 29.6 Å². The third-order valence-corrected chi connectivity index (χ3v) is 4.42. The van der Waals surface area contributed by atoms with Crippen LogP contribution >= 0.6 is 24.0 Å². The molecule has 1 fully saturated rings. The molecule has 0 bridgehead atoms. The van der Waals surface area contributed by atoms with Gasteiger partial charge in [0.15, 0.2) is 17.5 Å². The maximum Gasteiger partial charge on any atom is 0.191 e. The maximum atomic E-state index is 13.7. The summed E-state index contributed by atoms with van der Waals surface area (Å²) in [5.74, 6) is 0.600. The van der Waals surface area contributed by atoms with Crippen LogP contribution in [0.4, 0.5) is 4.39 Å². The number of aliphatic imine (C=N–C) groups is 1. The van der Waals surface area contributed by atoms with E-state index in [4.69, 9.17) is 9.47 Å². The molecule has 1 aromatic rings. The molecule has 1 aliphatic rings. The maximum absolute atomic E-state index is 13.7. The number of hydrogen-bond acceptors (Lipinski definition) is 3. The zero-order valence-corrected chi connectivity index (χ0v) is 18.1. The van der Waals surface area contributed by atoms with Crippen LogP contribution in [0.1, 0.15) is 44.1 Å². The minimum atomic E-state index is -0.357. The molecule has 1 saturated carbocycles. The van der Waals surface area contributed by atoms with E-state index in [1.54, 1.807) is 13.1 Å². The monoisotopic (exact) mass is 479 g/mol. The van der Waals surface area contributed by atoms with E-state index in [-0.39, 0.29) is 35.5 Å². The standard InChI is InChI=1S/C19H30FN3O2.HI/c1-21-19(22-11-6-12-25-16-7-4-3-5-8-16)23-14-15-9-10-18(24-2)17(20)13-15;/h9-10,13,16H,3-8,11-12,14H2,1-2H3,(H2,21,22,23);1H. The molecule has 0 aliphatic heterocycles. The highest BCUT2D eigenvalue weighted by atomic mass is 127. The number of rotatable bonds is 8. The molecule has 2 rings (SSSR count). The summed E-state index contributed by atoms with van der Waals surface area (Å²) in [6.07, 6.45) is 7.74. The Morgan fingerprint density at radius 2 is 2.00 bits per heavy atom. The molecule has 2 N–H and O–H groups in total. The van der Waals surface area contributed by atoms with Gasteiger partial charge in [-0.2, -0.15) is 0 Å². The van der Waals surface area contributed by atoms with Gasteiger partial charge in [0.25, 0.3) is 0 Å². The summed E-state index contributed by atoms with van der Waals surface area (Å²) in [5.41, 5.74) is 0.835. The summed E-state index contributed by atoms with van der Waals surface area (Å²) < 4.78 is 24.5. The summed E-state index contributed by atoms with van der Waals surface area (Å²) >= 11 is 0. The molecule has 5 nitrogen and oxygen atoms in total. The molecule has 0 spiro atoms. The lowest BCUT2D eigenvalue weighted by Crippen LogP contribution is -2.37. The summed E-state index contributed by atoms with van der Waals surface area (Å²) in [6, 6.07) is 4.93. The predicted molar refractivity (Wildman–Crippen MR) is 114 cm³/mol. The highest BCUT2D eigenvalue weighted by molar-refractivity contribution is 14.0. The first-order valence-corrected chi connectivity index (χ1v) is 9.11. The highest BCUT2D eigenvalue weighted by Gasteiger charge is 2.13. The van der Waals surface area contributed by atoms with Crippen molar-refractivity contribution in [2.24, 2.45) is 4.99 Å². The van der Waals surface area contributed by atoms with Gasteiger partial charge >= 0.3 is 0 Å². The van der Waals surface area contributed by atoms with E-state index in [1.807, 2.05) is 6.07 Å². The van der Waals surface area contributed by atoms with Crippen molar-refractivity contribution in [2.75, 3.05) is 27.3 Å². The third kappa shape index (κ3) is 8.07. The van der Waals surface area contributed by atoms with Crippen LogP contribution in [-0.2, 0) is 11.3 Å². The van der Waals surface area contributed by atoms with Crippen LogP contribution in [0.3, 0.4) is 0 Å². The van der Waals surface area contributed by atoms with Gasteiger partial charge < -0.3 is 20.1 Å². The van der Waals surface area contributed by atoms with Gasteiger partial charge in [-0.15, -0.1) is 24.0 Å². The molecular formula is C19H31FIN3O2. The van der Waals surface area contributed by atoms with Gasteiger partial charge in [0.1, 0.15) is 0 Å². The smallest absolute Gasteiger partial charge is 0.191 e. The van der Waals surface area contributed by atoms with Crippen LogP contribution in [0.15, 0.2) is 23.2 Å². The Bertz CT molecular complexity index is 552. The van der Waals surface area contributed by atoms with Gasteiger partial charge in [0, 0.05) is 26.7 Å². The molecule has 1 aliphatic carbocycles. The molecular weight excluding hydrogens is 448 g/mol. The zero-order chi connectivity index (χ0) is 17.9. The van der Waals surface area contributed by atoms with Crippen molar-refractivity contribution in [1.82, 2.24) is 10.6 Å². The topological polar surface area (TPSA) is 54.9 Å². The second-order valence-corrected chi connectivity index (χ2v) is 6.31. The number of guanidine groups is 1. The molecule has 26 heavy (non-hydrogen) atoms. The Hall–Kier alpha value is -1.09. The van der Waals surface area contributed by atoms with E-state index in [9.17, 15) is 4.39 Å². The number of halogens is 2. The Balaban J connectivity index is 0.00000338. The fraction of sp³-hybridized carbons (Fsp3) is 0.632. The van der Waals surface area contributed by atoms with Gasteiger partial charge in [-0.1, -0.05) is 25.3 Å². The molecule has 0 heterocycles. The fourth-order valence-corrected chi connectivity index (χ4v) is 2.99. The van der Waals surface area contributed by atoms with Crippen LogP contribution in [0.5, 0.6) is 5.75 Å². The number of benzene rings is 1. The molecule has 0 radical (unpaired) electrons. The van der Waals surface area contributed by atoms with Gasteiger partial charge in [-0.05, 0) is 37.0 Å².